The Bertz CT molecular complexity index is 997. The predicted molar refractivity (Wildman–Crippen MR) is 96.8 cm³/mol. The lowest BCUT2D eigenvalue weighted by atomic mass is 10.1. The van der Waals surface area contributed by atoms with Crippen LogP contribution in [0.5, 0.6) is 0 Å². The van der Waals surface area contributed by atoms with Crippen LogP contribution in [-0.4, -0.2) is 25.0 Å². The molecule has 0 bridgehead atoms. The Hall–Kier alpha value is -3.25. The van der Waals surface area contributed by atoms with E-state index >= 15 is 0 Å². The molecule has 0 amide bonds. The highest BCUT2D eigenvalue weighted by atomic mass is 16.3. The highest BCUT2D eigenvalue weighted by molar-refractivity contribution is 5.93. The Balaban J connectivity index is 1.72. The zero-order valence-corrected chi connectivity index (χ0v) is 13.5. The summed E-state index contributed by atoms with van der Waals surface area (Å²) < 4.78 is 0. The van der Waals surface area contributed by atoms with Crippen LogP contribution in [0.15, 0.2) is 61.2 Å². The number of anilines is 1. The standard InChI is InChI=1S/C19H17N5O/c25-12-13-3-6-21-17(8-13)16-9-18(24-19-15(16)4-7-22-19)23-11-14-2-1-5-20-10-14/h1-10,25H,11-12H2,(H2,22,23,24). The largest absolute Gasteiger partial charge is 0.392 e. The van der Waals surface area contributed by atoms with E-state index < -0.39 is 0 Å². The van der Waals surface area contributed by atoms with Crippen molar-refractivity contribution in [3.05, 3.63) is 72.3 Å². The van der Waals surface area contributed by atoms with E-state index in [0.29, 0.717) is 6.54 Å². The van der Waals surface area contributed by atoms with Crippen LogP contribution >= 0.6 is 0 Å². The fourth-order valence-corrected chi connectivity index (χ4v) is 2.76. The average Bonchev–Trinajstić information content (AvgIpc) is 3.15. The molecule has 0 aromatic carbocycles. The number of nitrogens with one attached hydrogen (secondary N) is 2. The maximum absolute atomic E-state index is 9.38. The molecule has 4 aromatic rings. The van der Waals surface area contributed by atoms with Gasteiger partial charge in [-0.2, -0.15) is 0 Å². The Labute approximate surface area is 144 Å². The summed E-state index contributed by atoms with van der Waals surface area (Å²) in [5, 5.41) is 13.7. The lowest BCUT2D eigenvalue weighted by Gasteiger charge is -2.10. The van der Waals surface area contributed by atoms with Gasteiger partial charge in [-0.15, -0.1) is 0 Å². The van der Waals surface area contributed by atoms with Gasteiger partial charge in [0, 0.05) is 42.3 Å². The Kier molecular flexibility index (Phi) is 4.10. The molecule has 4 heterocycles. The first-order valence-electron chi connectivity index (χ1n) is 8.00. The van der Waals surface area contributed by atoms with Crippen molar-refractivity contribution in [2.24, 2.45) is 0 Å². The molecule has 4 rings (SSSR count). The van der Waals surface area contributed by atoms with E-state index in [1.54, 1.807) is 18.5 Å². The number of rotatable bonds is 5. The van der Waals surface area contributed by atoms with Crippen LogP contribution in [0, 0.1) is 0 Å². The van der Waals surface area contributed by atoms with Gasteiger partial charge in [0.1, 0.15) is 11.5 Å². The highest BCUT2D eigenvalue weighted by Gasteiger charge is 2.10. The van der Waals surface area contributed by atoms with Gasteiger partial charge in [-0.25, -0.2) is 4.98 Å². The van der Waals surface area contributed by atoms with Crippen molar-refractivity contribution in [1.29, 1.82) is 0 Å². The molecule has 6 nitrogen and oxygen atoms in total. The smallest absolute Gasteiger partial charge is 0.140 e. The van der Waals surface area contributed by atoms with Crippen molar-refractivity contribution in [2.45, 2.75) is 13.2 Å². The second kappa shape index (κ2) is 6.70. The van der Waals surface area contributed by atoms with Crippen LogP contribution in [0.4, 0.5) is 5.82 Å². The first-order chi connectivity index (χ1) is 12.3. The number of aromatic amines is 1. The van der Waals surface area contributed by atoms with Crippen molar-refractivity contribution in [1.82, 2.24) is 19.9 Å². The summed E-state index contributed by atoms with van der Waals surface area (Å²) in [5.41, 5.74) is 4.48. The number of fused-ring (bicyclic) bond motifs is 1. The molecule has 0 aliphatic heterocycles. The number of aromatic nitrogens is 4. The summed E-state index contributed by atoms with van der Waals surface area (Å²) in [6, 6.07) is 11.6. The molecule has 0 spiro atoms. The molecule has 0 atom stereocenters. The van der Waals surface area contributed by atoms with Gasteiger partial charge >= 0.3 is 0 Å². The molecule has 4 aromatic heterocycles. The Morgan fingerprint density at radius 2 is 2.04 bits per heavy atom. The van der Waals surface area contributed by atoms with E-state index in [1.807, 2.05) is 42.7 Å². The van der Waals surface area contributed by atoms with Gasteiger partial charge in [0.2, 0.25) is 0 Å². The van der Waals surface area contributed by atoms with Crippen molar-refractivity contribution in [3.63, 3.8) is 0 Å². The zero-order valence-electron chi connectivity index (χ0n) is 13.5. The van der Waals surface area contributed by atoms with Gasteiger partial charge in [0.15, 0.2) is 0 Å². The van der Waals surface area contributed by atoms with Gasteiger partial charge < -0.3 is 15.4 Å². The molecule has 0 saturated carbocycles. The number of nitrogens with zero attached hydrogens (tertiary/aromatic N) is 3. The third kappa shape index (κ3) is 3.20. The molecule has 0 radical (unpaired) electrons. The van der Waals surface area contributed by atoms with Crippen molar-refractivity contribution in [2.75, 3.05) is 5.32 Å². The molecule has 0 aliphatic carbocycles. The first-order valence-corrected chi connectivity index (χ1v) is 8.00. The molecule has 3 N–H and O–H groups in total. The highest BCUT2D eigenvalue weighted by Crippen LogP contribution is 2.29. The number of hydrogen-bond acceptors (Lipinski definition) is 5. The van der Waals surface area contributed by atoms with Gasteiger partial charge in [-0.05, 0) is 41.5 Å². The maximum atomic E-state index is 9.38. The van der Waals surface area contributed by atoms with E-state index in [1.165, 1.54) is 0 Å². The SMILES string of the molecule is OCc1ccnc(-c2cc(NCc3cccnc3)nc3[nH]ccc23)c1. The van der Waals surface area contributed by atoms with Crippen LogP contribution in [0.25, 0.3) is 22.3 Å². The average molecular weight is 331 g/mol. The van der Waals surface area contributed by atoms with E-state index in [4.69, 9.17) is 0 Å². The van der Waals surface area contributed by atoms with Gasteiger partial charge in [0.25, 0.3) is 0 Å². The molecule has 25 heavy (non-hydrogen) atoms. The number of H-pyrrole nitrogens is 1. The Morgan fingerprint density at radius 3 is 2.88 bits per heavy atom. The molecular weight excluding hydrogens is 314 g/mol. The number of aliphatic hydroxyl groups excluding tert-OH is 1. The summed E-state index contributed by atoms with van der Waals surface area (Å²) in [4.78, 5) is 16.3. The van der Waals surface area contributed by atoms with Crippen LogP contribution in [-0.2, 0) is 13.2 Å². The topological polar surface area (TPSA) is 86.7 Å². The minimum Gasteiger partial charge on any atom is -0.392 e. The number of pyridine rings is 3. The van der Waals surface area contributed by atoms with Crippen LogP contribution < -0.4 is 5.32 Å². The molecule has 0 fully saturated rings. The molecule has 0 aliphatic rings. The predicted octanol–water partition coefficient (Wildman–Crippen LogP) is 3.12. The summed E-state index contributed by atoms with van der Waals surface area (Å²) in [7, 11) is 0. The van der Waals surface area contributed by atoms with E-state index in [2.05, 4.69) is 25.3 Å². The van der Waals surface area contributed by atoms with Gasteiger partial charge in [-0.3, -0.25) is 9.97 Å². The summed E-state index contributed by atoms with van der Waals surface area (Å²) in [6.07, 6.45) is 7.16. The van der Waals surface area contributed by atoms with Gasteiger partial charge in [-0.1, -0.05) is 6.07 Å². The fraction of sp³-hybridized carbons (Fsp3) is 0.105. The quantitative estimate of drug-likeness (QED) is 0.523. The first kappa shape index (κ1) is 15.3. The van der Waals surface area contributed by atoms with E-state index in [9.17, 15) is 5.11 Å². The van der Waals surface area contributed by atoms with Crippen molar-refractivity contribution >= 4 is 16.9 Å². The van der Waals surface area contributed by atoms with E-state index in [0.717, 1.165) is 39.2 Å². The minimum atomic E-state index is -0.0109. The summed E-state index contributed by atoms with van der Waals surface area (Å²) in [6.45, 7) is 0.625. The van der Waals surface area contributed by atoms with Crippen molar-refractivity contribution in [3.8, 4) is 11.3 Å². The van der Waals surface area contributed by atoms with Crippen LogP contribution in [0.1, 0.15) is 11.1 Å². The second-order valence-corrected chi connectivity index (χ2v) is 5.72. The summed E-state index contributed by atoms with van der Waals surface area (Å²) >= 11 is 0. The van der Waals surface area contributed by atoms with Crippen LogP contribution in [0.2, 0.25) is 0 Å². The Morgan fingerprint density at radius 1 is 1.08 bits per heavy atom. The van der Waals surface area contributed by atoms with E-state index in [-0.39, 0.29) is 6.61 Å². The fourth-order valence-electron chi connectivity index (χ4n) is 2.76. The van der Waals surface area contributed by atoms with Gasteiger partial charge in [0.05, 0.1) is 12.3 Å². The molecule has 6 heteroatoms. The second-order valence-electron chi connectivity index (χ2n) is 5.72. The third-order valence-electron chi connectivity index (χ3n) is 4.01. The lowest BCUT2D eigenvalue weighted by Crippen LogP contribution is -2.02. The zero-order chi connectivity index (χ0) is 17.1. The van der Waals surface area contributed by atoms with Crippen molar-refractivity contribution < 1.29 is 5.11 Å². The molecular formula is C19H17N5O. The monoisotopic (exact) mass is 331 g/mol. The minimum absolute atomic E-state index is 0.0109. The molecule has 0 unspecified atom stereocenters. The van der Waals surface area contributed by atoms with Crippen LogP contribution in [0.3, 0.4) is 0 Å². The summed E-state index contributed by atoms with van der Waals surface area (Å²) in [5.74, 6) is 0.755. The number of aliphatic hydroxyl groups is 1. The lowest BCUT2D eigenvalue weighted by molar-refractivity contribution is 0.282. The normalized spacial score (nSPS) is 10.9. The molecule has 0 saturated heterocycles. The third-order valence-corrected chi connectivity index (χ3v) is 4.01. The number of hydrogen-bond donors (Lipinski definition) is 3. The molecule has 124 valence electrons. The maximum Gasteiger partial charge on any atom is 0.140 e.